The Morgan fingerprint density at radius 3 is 2.57 bits per heavy atom. The number of amides is 1. The first-order valence-electron chi connectivity index (χ1n) is 7.43. The van der Waals surface area contributed by atoms with Gasteiger partial charge in [0, 0.05) is 31.4 Å². The first-order chi connectivity index (χ1) is 10.2. The highest BCUT2D eigenvalue weighted by Crippen LogP contribution is 2.28. The van der Waals surface area contributed by atoms with Gasteiger partial charge in [0.2, 0.25) is 5.91 Å². The van der Waals surface area contributed by atoms with Crippen LogP contribution in [0, 0.1) is 5.92 Å². The largest absolute Gasteiger partial charge is 0.342 e. The van der Waals surface area contributed by atoms with Gasteiger partial charge in [0.1, 0.15) is 0 Å². The highest BCUT2D eigenvalue weighted by atomic mass is 16.2. The van der Waals surface area contributed by atoms with Gasteiger partial charge in [-0.05, 0) is 36.5 Å². The molecule has 0 radical (unpaired) electrons. The van der Waals surface area contributed by atoms with Crippen LogP contribution in [0.5, 0.6) is 0 Å². The van der Waals surface area contributed by atoms with Gasteiger partial charge >= 0.3 is 0 Å². The number of carbonyl (C=O) groups excluding carboxylic acids is 1. The monoisotopic (exact) mass is 280 g/mol. The lowest BCUT2D eigenvalue weighted by Crippen LogP contribution is -2.31. The molecule has 0 N–H and O–H groups in total. The molecule has 1 aromatic heterocycles. The third-order valence-corrected chi connectivity index (χ3v) is 4.32. The summed E-state index contributed by atoms with van der Waals surface area (Å²) in [4.78, 5) is 18.5. The molecule has 2 heterocycles. The van der Waals surface area contributed by atoms with E-state index in [0.717, 1.165) is 24.8 Å². The van der Waals surface area contributed by atoms with Crippen LogP contribution in [0.1, 0.15) is 17.5 Å². The Hall–Kier alpha value is -2.16. The quantitative estimate of drug-likeness (QED) is 0.862. The van der Waals surface area contributed by atoms with E-state index in [1.54, 1.807) is 6.20 Å². The van der Waals surface area contributed by atoms with Gasteiger partial charge in [-0.3, -0.25) is 9.78 Å². The number of rotatable bonds is 4. The van der Waals surface area contributed by atoms with E-state index < -0.39 is 0 Å². The Labute approximate surface area is 125 Å². The molecule has 1 aliphatic rings. The molecule has 2 atom stereocenters. The van der Waals surface area contributed by atoms with Crippen LogP contribution >= 0.6 is 0 Å². The molecule has 0 saturated carbocycles. The third-order valence-electron chi connectivity index (χ3n) is 4.32. The summed E-state index contributed by atoms with van der Waals surface area (Å²) in [5.41, 5.74) is 2.44. The van der Waals surface area contributed by atoms with Gasteiger partial charge in [-0.15, -0.1) is 0 Å². The zero-order valence-electron chi connectivity index (χ0n) is 12.3. The number of benzene rings is 1. The van der Waals surface area contributed by atoms with Crippen LogP contribution in [-0.2, 0) is 17.6 Å². The highest BCUT2D eigenvalue weighted by molar-refractivity contribution is 5.81. The standard InChI is InChI=1S/C18H20N2O/c1-20-17(11-14-6-3-2-4-7-14)12-16(18(20)21)10-15-8-5-9-19-13-15/h2-9,13,16-17H,10-12H2,1H3/t16?,17-/m0/s1. The third kappa shape index (κ3) is 3.13. The van der Waals surface area contributed by atoms with Crippen molar-refractivity contribution < 1.29 is 4.79 Å². The molecule has 3 rings (SSSR count). The Bertz CT molecular complexity index is 597. The second kappa shape index (κ2) is 6.08. The van der Waals surface area contributed by atoms with Crippen molar-refractivity contribution in [2.24, 2.45) is 5.92 Å². The Kier molecular flexibility index (Phi) is 4.00. The van der Waals surface area contributed by atoms with Crippen molar-refractivity contribution in [3.8, 4) is 0 Å². The van der Waals surface area contributed by atoms with Gasteiger partial charge in [0.15, 0.2) is 0 Å². The number of aromatic nitrogens is 1. The second-order valence-corrected chi connectivity index (χ2v) is 5.79. The lowest BCUT2D eigenvalue weighted by atomic mass is 9.95. The van der Waals surface area contributed by atoms with Crippen LogP contribution in [0.2, 0.25) is 0 Å². The molecule has 0 aliphatic carbocycles. The van der Waals surface area contributed by atoms with Crippen LogP contribution in [0.3, 0.4) is 0 Å². The molecule has 0 bridgehead atoms. The number of likely N-dealkylation sites (N-methyl/N-ethyl adjacent to an activating group) is 1. The van der Waals surface area contributed by atoms with Crippen molar-refractivity contribution in [2.75, 3.05) is 7.05 Å². The molecule has 21 heavy (non-hydrogen) atoms. The summed E-state index contributed by atoms with van der Waals surface area (Å²) in [7, 11) is 1.93. The normalized spacial score (nSPS) is 21.8. The minimum absolute atomic E-state index is 0.0907. The lowest BCUT2D eigenvalue weighted by molar-refractivity contribution is -0.130. The molecule has 3 nitrogen and oxygen atoms in total. The van der Waals surface area contributed by atoms with Gasteiger partial charge in [-0.1, -0.05) is 36.4 Å². The average molecular weight is 280 g/mol. The van der Waals surface area contributed by atoms with Crippen molar-refractivity contribution in [3.63, 3.8) is 0 Å². The molecular formula is C18H20N2O. The minimum atomic E-state index is 0.0907. The van der Waals surface area contributed by atoms with E-state index in [4.69, 9.17) is 0 Å². The van der Waals surface area contributed by atoms with Gasteiger partial charge in [-0.25, -0.2) is 0 Å². The first-order valence-corrected chi connectivity index (χ1v) is 7.43. The molecule has 1 unspecified atom stereocenters. The number of hydrogen-bond acceptors (Lipinski definition) is 2. The number of pyridine rings is 1. The van der Waals surface area contributed by atoms with E-state index in [0.29, 0.717) is 6.04 Å². The summed E-state index contributed by atoms with van der Waals surface area (Å²) in [6.45, 7) is 0. The van der Waals surface area contributed by atoms with Crippen LogP contribution in [0.25, 0.3) is 0 Å². The fraction of sp³-hybridized carbons (Fsp3) is 0.333. The smallest absolute Gasteiger partial charge is 0.226 e. The lowest BCUT2D eigenvalue weighted by Gasteiger charge is -2.19. The van der Waals surface area contributed by atoms with Crippen molar-refractivity contribution in [1.29, 1.82) is 0 Å². The topological polar surface area (TPSA) is 33.2 Å². The molecule has 3 heteroatoms. The van der Waals surface area contributed by atoms with Crippen LogP contribution in [0.4, 0.5) is 0 Å². The predicted octanol–water partition coefficient (Wildman–Crippen LogP) is 2.71. The fourth-order valence-electron chi connectivity index (χ4n) is 3.14. The van der Waals surface area contributed by atoms with E-state index in [2.05, 4.69) is 29.2 Å². The van der Waals surface area contributed by atoms with Crippen molar-refractivity contribution in [2.45, 2.75) is 25.3 Å². The zero-order chi connectivity index (χ0) is 14.7. The molecular weight excluding hydrogens is 260 g/mol. The summed E-state index contributed by atoms with van der Waals surface area (Å²) in [5, 5.41) is 0. The van der Waals surface area contributed by atoms with E-state index in [-0.39, 0.29) is 11.8 Å². The summed E-state index contributed by atoms with van der Waals surface area (Å²) in [6, 6.07) is 14.7. The second-order valence-electron chi connectivity index (χ2n) is 5.79. The van der Waals surface area contributed by atoms with E-state index in [9.17, 15) is 4.79 Å². The van der Waals surface area contributed by atoms with E-state index >= 15 is 0 Å². The number of likely N-dealkylation sites (tertiary alicyclic amines) is 1. The van der Waals surface area contributed by atoms with Gasteiger partial charge in [0.05, 0.1) is 0 Å². The summed E-state index contributed by atoms with van der Waals surface area (Å²) in [6.07, 6.45) is 6.29. The molecule has 1 saturated heterocycles. The van der Waals surface area contributed by atoms with Crippen molar-refractivity contribution in [1.82, 2.24) is 9.88 Å². The Balaban J connectivity index is 1.67. The predicted molar refractivity (Wildman–Crippen MR) is 82.8 cm³/mol. The summed E-state index contributed by atoms with van der Waals surface area (Å²) >= 11 is 0. The van der Waals surface area contributed by atoms with Crippen LogP contribution in [-0.4, -0.2) is 28.9 Å². The molecule has 1 fully saturated rings. The number of carbonyl (C=O) groups is 1. The van der Waals surface area contributed by atoms with Crippen LogP contribution < -0.4 is 0 Å². The molecule has 1 aliphatic heterocycles. The SMILES string of the molecule is CN1C(=O)C(Cc2cccnc2)C[C@@H]1Cc1ccccc1. The maximum Gasteiger partial charge on any atom is 0.226 e. The summed E-state index contributed by atoms with van der Waals surface area (Å²) < 4.78 is 0. The van der Waals surface area contributed by atoms with Crippen molar-refractivity contribution in [3.05, 3.63) is 66.0 Å². The molecule has 1 aromatic carbocycles. The van der Waals surface area contributed by atoms with E-state index in [1.165, 1.54) is 5.56 Å². The average Bonchev–Trinajstić information content (AvgIpc) is 2.78. The highest BCUT2D eigenvalue weighted by Gasteiger charge is 2.36. The first kappa shape index (κ1) is 13.8. The fourth-order valence-corrected chi connectivity index (χ4v) is 3.14. The van der Waals surface area contributed by atoms with Gasteiger partial charge < -0.3 is 4.90 Å². The maximum absolute atomic E-state index is 12.4. The van der Waals surface area contributed by atoms with E-state index in [1.807, 2.05) is 36.3 Å². The summed E-state index contributed by atoms with van der Waals surface area (Å²) in [5.74, 6) is 0.354. The Morgan fingerprint density at radius 2 is 1.86 bits per heavy atom. The van der Waals surface area contributed by atoms with Crippen molar-refractivity contribution >= 4 is 5.91 Å². The van der Waals surface area contributed by atoms with Gasteiger partial charge in [0.25, 0.3) is 0 Å². The Morgan fingerprint density at radius 1 is 1.10 bits per heavy atom. The van der Waals surface area contributed by atoms with Crippen LogP contribution in [0.15, 0.2) is 54.9 Å². The minimum Gasteiger partial charge on any atom is -0.342 e. The molecule has 108 valence electrons. The number of hydrogen-bond donors (Lipinski definition) is 0. The maximum atomic E-state index is 12.4. The zero-order valence-corrected chi connectivity index (χ0v) is 12.3. The molecule has 1 amide bonds. The molecule has 0 spiro atoms. The number of nitrogens with zero attached hydrogens (tertiary/aromatic N) is 2. The molecule has 2 aromatic rings. The van der Waals surface area contributed by atoms with Gasteiger partial charge in [-0.2, -0.15) is 0 Å².